The van der Waals surface area contributed by atoms with Crippen LogP contribution in [0.25, 0.3) is 0 Å². The van der Waals surface area contributed by atoms with Crippen molar-refractivity contribution < 1.29 is 32.7 Å². The molecular weight excluding hydrogens is 441 g/mol. The maximum atomic E-state index is 12.2. The second kappa shape index (κ2) is 10.6. The third-order valence-electron chi connectivity index (χ3n) is 3.39. The number of carboxylic acid groups (broad SMARTS) is 1. The van der Waals surface area contributed by atoms with E-state index in [4.69, 9.17) is 17.7 Å². The number of carbonyl (C=O) groups is 1. The van der Waals surface area contributed by atoms with E-state index in [1.807, 2.05) is 78.6 Å². The van der Waals surface area contributed by atoms with Gasteiger partial charge in [-0.05, 0) is 78.6 Å². The zero-order valence-corrected chi connectivity index (χ0v) is 24.5. The maximum Gasteiger partial charge on any atom is 0.334 e. The molecule has 0 bridgehead atoms. The standard InChI is InChI=1S/C18H44O7Si4/c1-26(2,3)22-13-14(19)15(23-27(4,5)6)16(24-28(7,8)9)17(18(20)21)25-29(10,11)12/h14-17,19H,13H2,1-12H3,(H,20,21)/t14-,15-,16+,17-/m1/s1. The molecule has 0 saturated heterocycles. The molecule has 0 aliphatic rings. The summed E-state index contributed by atoms with van der Waals surface area (Å²) < 4.78 is 24.6. The first-order chi connectivity index (χ1) is 12.6. The molecule has 7 nitrogen and oxygen atoms in total. The fraction of sp³-hybridized carbons (Fsp3) is 0.944. The summed E-state index contributed by atoms with van der Waals surface area (Å²) in [4.78, 5) is 12.2. The van der Waals surface area contributed by atoms with Gasteiger partial charge in [0, 0.05) is 0 Å². The molecule has 0 aliphatic carbocycles. The molecule has 0 fully saturated rings. The Hall–Kier alpha value is 0.138. The van der Waals surface area contributed by atoms with Gasteiger partial charge >= 0.3 is 5.97 Å². The summed E-state index contributed by atoms with van der Waals surface area (Å²) >= 11 is 0. The van der Waals surface area contributed by atoms with Gasteiger partial charge in [0.2, 0.25) is 0 Å². The molecule has 174 valence electrons. The second-order valence-electron chi connectivity index (χ2n) is 11.4. The summed E-state index contributed by atoms with van der Waals surface area (Å²) in [6.07, 6.45) is -3.99. The van der Waals surface area contributed by atoms with Crippen LogP contribution in [0.1, 0.15) is 0 Å². The average molecular weight is 485 g/mol. The van der Waals surface area contributed by atoms with Gasteiger partial charge in [0.25, 0.3) is 0 Å². The zero-order chi connectivity index (χ0) is 23.4. The monoisotopic (exact) mass is 484 g/mol. The summed E-state index contributed by atoms with van der Waals surface area (Å²) in [7, 11) is -8.40. The molecule has 0 saturated carbocycles. The molecule has 0 heterocycles. The SMILES string of the molecule is C[Si](C)(C)OC[C@@H](O)[C@@H](O[Si](C)(C)C)[C@H](O[Si](C)(C)C)[C@@H](O[Si](C)(C)C)C(=O)O. The minimum atomic E-state index is -2.20. The number of aliphatic carboxylic acids is 1. The summed E-state index contributed by atoms with van der Waals surface area (Å²) in [5.74, 6) is -1.10. The molecule has 0 rings (SSSR count). The van der Waals surface area contributed by atoms with Crippen LogP contribution in [0.15, 0.2) is 0 Å². The van der Waals surface area contributed by atoms with Crippen LogP contribution in [-0.4, -0.2) is 80.5 Å². The summed E-state index contributed by atoms with van der Waals surface area (Å²) in [6, 6.07) is 0. The lowest BCUT2D eigenvalue weighted by molar-refractivity contribution is -0.158. The van der Waals surface area contributed by atoms with Crippen LogP contribution < -0.4 is 0 Å². The molecule has 0 aromatic carbocycles. The largest absolute Gasteiger partial charge is 0.479 e. The fourth-order valence-corrected chi connectivity index (χ4v) is 6.40. The van der Waals surface area contributed by atoms with Crippen LogP contribution in [0.3, 0.4) is 0 Å². The van der Waals surface area contributed by atoms with Crippen LogP contribution in [0, 0.1) is 0 Å². The number of aliphatic hydroxyl groups excluding tert-OH is 1. The summed E-state index contributed by atoms with van der Waals surface area (Å²) in [5.41, 5.74) is 0. The highest BCUT2D eigenvalue weighted by Gasteiger charge is 2.45. The number of rotatable bonds is 13. The van der Waals surface area contributed by atoms with E-state index in [0.29, 0.717) is 0 Å². The van der Waals surface area contributed by atoms with Crippen molar-refractivity contribution in [1.82, 2.24) is 0 Å². The highest BCUT2D eigenvalue weighted by Crippen LogP contribution is 2.26. The Bertz CT molecular complexity index is 518. The van der Waals surface area contributed by atoms with Crippen molar-refractivity contribution in [1.29, 1.82) is 0 Å². The normalized spacial score (nSPS) is 18.2. The maximum absolute atomic E-state index is 12.2. The Morgan fingerprint density at radius 2 is 1.07 bits per heavy atom. The number of hydrogen-bond donors (Lipinski definition) is 2. The molecule has 0 unspecified atom stereocenters. The Balaban J connectivity index is 6.13. The van der Waals surface area contributed by atoms with Crippen molar-refractivity contribution in [3.63, 3.8) is 0 Å². The van der Waals surface area contributed by atoms with Gasteiger partial charge in [-0.25, -0.2) is 4.79 Å². The van der Waals surface area contributed by atoms with Crippen LogP contribution in [0.2, 0.25) is 78.6 Å². The molecule has 0 radical (unpaired) electrons. The van der Waals surface area contributed by atoms with Crippen molar-refractivity contribution in [2.24, 2.45) is 0 Å². The Kier molecular flexibility index (Phi) is 10.7. The molecule has 0 amide bonds. The molecule has 0 aromatic rings. The van der Waals surface area contributed by atoms with Gasteiger partial charge in [-0.3, -0.25) is 0 Å². The van der Waals surface area contributed by atoms with Crippen molar-refractivity contribution in [2.75, 3.05) is 6.61 Å². The number of hydrogen-bond acceptors (Lipinski definition) is 6. The highest BCUT2D eigenvalue weighted by molar-refractivity contribution is 6.71. The Labute approximate surface area is 181 Å². The molecule has 2 N–H and O–H groups in total. The minimum Gasteiger partial charge on any atom is -0.479 e. The lowest BCUT2D eigenvalue weighted by Crippen LogP contribution is -2.59. The van der Waals surface area contributed by atoms with E-state index >= 15 is 0 Å². The van der Waals surface area contributed by atoms with Crippen LogP contribution in [0.4, 0.5) is 0 Å². The van der Waals surface area contributed by atoms with Crippen LogP contribution in [-0.2, 0) is 22.5 Å². The van der Waals surface area contributed by atoms with Crippen LogP contribution in [0.5, 0.6) is 0 Å². The molecule has 0 spiro atoms. The molecular formula is C18H44O7Si4. The predicted octanol–water partition coefficient (Wildman–Crippen LogP) is 3.94. The van der Waals surface area contributed by atoms with Crippen molar-refractivity contribution in [3.05, 3.63) is 0 Å². The van der Waals surface area contributed by atoms with E-state index in [1.54, 1.807) is 0 Å². The van der Waals surface area contributed by atoms with Crippen molar-refractivity contribution >= 4 is 39.2 Å². The Morgan fingerprint density at radius 3 is 1.38 bits per heavy atom. The molecule has 0 aliphatic heterocycles. The highest BCUT2D eigenvalue weighted by atomic mass is 28.4. The topological polar surface area (TPSA) is 94.5 Å². The average Bonchev–Trinajstić information content (AvgIpc) is 2.42. The lowest BCUT2D eigenvalue weighted by Gasteiger charge is -2.42. The van der Waals surface area contributed by atoms with Gasteiger partial charge < -0.3 is 27.9 Å². The van der Waals surface area contributed by atoms with E-state index in [1.165, 1.54) is 0 Å². The molecule has 11 heteroatoms. The first-order valence-corrected chi connectivity index (χ1v) is 23.8. The second-order valence-corrected chi connectivity index (χ2v) is 29.3. The summed E-state index contributed by atoms with van der Waals surface area (Å²) in [5, 5.41) is 21.0. The lowest BCUT2D eigenvalue weighted by atomic mass is 10.0. The van der Waals surface area contributed by atoms with Gasteiger partial charge in [0.15, 0.2) is 39.4 Å². The third-order valence-corrected chi connectivity index (χ3v) is 7.34. The van der Waals surface area contributed by atoms with Gasteiger partial charge in [-0.1, -0.05) is 0 Å². The smallest absolute Gasteiger partial charge is 0.334 e. The fourth-order valence-electron chi connectivity index (χ4n) is 2.55. The quantitative estimate of drug-likeness (QED) is 0.382. The van der Waals surface area contributed by atoms with E-state index < -0.39 is 63.7 Å². The number of carboxylic acids is 1. The summed E-state index contributed by atoms with van der Waals surface area (Å²) in [6.45, 7) is 24.0. The first-order valence-electron chi connectivity index (χ1n) is 10.2. The molecule has 4 atom stereocenters. The third kappa shape index (κ3) is 13.9. The van der Waals surface area contributed by atoms with Crippen molar-refractivity contribution in [3.8, 4) is 0 Å². The van der Waals surface area contributed by atoms with Crippen molar-refractivity contribution in [2.45, 2.75) is 103 Å². The Morgan fingerprint density at radius 1 is 0.690 bits per heavy atom. The zero-order valence-electron chi connectivity index (χ0n) is 20.5. The first kappa shape index (κ1) is 29.1. The van der Waals surface area contributed by atoms with E-state index in [0.717, 1.165) is 0 Å². The van der Waals surface area contributed by atoms with Gasteiger partial charge in [-0.15, -0.1) is 0 Å². The minimum absolute atomic E-state index is 0.0791. The molecule has 29 heavy (non-hydrogen) atoms. The van der Waals surface area contributed by atoms with E-state index in [9.17, 15) is 15.0 Å². The van der Waals surface area contributed by atoms with Gasteiger partial charge in [-0.2, -0.15) is 0 Å². The molecule has 0 aromatic heterocycles. The van der Waals surface area contributed by atoms with Crippen LogP contribution >= 0.6 is 0 Å². The van der Waals surface area contributed by atoms with Gasteiger partial charge in [0.1, 0.15) is 18.3 Å². The number of aliphatic hydroxyl groups is 1. The van der Waals surface area contributed by atoms with E-state index in [2.05, 4.69) is 0 Å². The predicted molar refractivity (Wildman–Crippen MR) is 128 cm³/mol. The van der Waals surface area contributed by atoms with Gasteiger partial charge in [0.05, 0.1) is 6.61 Å². The van der Waals surface area contributed by atoms with E-state index in [-0.39, 0.29) is 6.61 Å².